The fourth-order valence-corrected chi connectivity index (χ4v) is 2.73. The first-order valence-electron chi connectivity index (χ1n) is 9.03. The van der Waals surface area contributed by atoms with E-state index < -0.39 is 6.10 Å². The molecule has 3 aromatic rings. The van der Waals surface area contributed by atoms with Gasteiger partial charge in [-0.15, -0.1) is 0 Å². The first kappa shape index (κ1) is 19.4. The predicted molar refractivity (Wildman–Crippen MR) is 106 cm³/mol. The van der Waals surface area contributed by atoms with Crippen LogP contribution in [0.25, 0.3) is 0 Å². The first-order valence-corrected chi connectivity index (χ1v) is 9.03. The van der Waals surface area contributed by atoms with Crippen molar-refractivity contribution in [3.8, 4) is 5.75 Å². The SMILES string of the molecule is COc1ccc(C(O)CNC(=O)NCc2cnn(Cc3ccccc3)c2)cc1. The molecule has 28 heavy (non-hydrogen) atoms. The lowest BCUT2D eigenvalue weighted by atomic mass is 10.1. The molecule has 1 unspecified atom stereocenters. The fraction of sp³-hybridized carbons (Fsp3) is 0.238. The van der Waals surface area contributed by atoms with Crippen LogP contribution in [-0.4, -0.2) is 34.6 Å². The Bertz CT molecular complexity index is 878. The Labute approximate surface area is 164 Å². The van der Waals surface area contributed by atoms with Gasteiger partial charge in [0.05, 0.1) is 26.0 Å². The summed E-state index contributed by atoms with van der Waals surface area (Å²) in [5.41, 5.74) is 2.78. The van der Waals surface area contributed by atoms with E-state index in [0.29, 0.717) is 18.7 Å². The lowest BCUT2D eigenvalue weighted by Gasteiger charge is -2.13. The molecule has 0 bridgehead atoms. The van der Waals surface area contributed by atoms with Crippen LogP contribution in [0.4, 0.5) is 4.79 Å². The van der Waals surface area contributed by atoms with Gasteiger partial charge in [0.2, 0.25) is 0 Å². The van der Waals surface area contributed by atoms with Gasteiger partial charge in [-0.3, -0.25) is 4.68 Å². The van der Waals surface area contributed by atoms with Gasteiger partial charge < -0.3 is 20.5 Å². The summed E-state index contributed by atoms with van der Waals surface area (Å²) < 4.78 is 6.92. The summed E-state index contributed by atoms with van der Waals surface area (Å²) in [6.45, 7) is 1.16. The second-order valence-corrected chi connectivity index (χ2v) is 6.38. The Hall–Kier alpha value is -3.32. The molecule has 1 heterocycles. The van der Waals surface area contributed by atoms with Gasteiger partial charge in [-0.05, 0) is 23.3 Å². The highest BCUT2D eigenvalue weighted by Gasteiger charge is 2.10. The average Bonchev–Trinajstić information content (AvgIpc) is 3.18. The monoisotopic (exact) mass is 380 g/mol. The third-order valence-electron chi connectivity index (χ3n) is 4.28. The van der Waals surface area contributed by atoms with E-state index in [1.165, 1.54) is 0 Å². The molecule has 2 amide bonds. The van der Waals surface area contributed by atoms with E-state index in [1.807, 2.05) is 41.2 Å². The van der Waals surface area contributed by atoms with Crippen molar-refractivity contribution < 1.29 is 14.6 Å². The van der Waals surface area contributed by atoms with Crippen LogP contribution in [0.5, 0.6) is 5.75 Å². The summed E-state index contributed by atoms with van der Waals surface area (Å²) in [4.78, 5) is 12.0. The number of ether oxygens (including phenoxy) is 1. The van der Waals surface area contributed by atoms with Crippen molar-refractivity contribution in [2.24, 2.45) is 0 Å². The highest BCUT2D eigenvalue weighted by Crippen LogP contribution is 2.16. The quantitative estimate of drug-likeness (QED) is 0.560. The van der Waals surface area contributed by atoms with Gasteiger partial charge in [-0.2, -0.15) is 5.10 Å². The second kappa shape index (κ2) is 9.57. The highest BCUT2D eigenvalue weighted by atomic mass is 16.5. The lowest BCUT2D eigenvalue weighted by Crippen LogP contribution is -2.37. The molecular weight excluding hydrogens is 356 g/mol. The minimum Gasteiger partial charge on any atom is -0.497 e. The molecule has 0 radical (unpaired) electrons. The van der Waals surface area contributed by atoms with Crippen molar-refractivity contribution in [1.82, 2.24) is 20.4 Å². The van der Waals surface area contributed by atoms with E-state index in [0.717, 1.165) is 16.9 Å². The Morgan fingerprint density at radius 1 is 1.11 bits per heavy atom. The van der Waals surface area contributed by atoms with Crippen LogP contribution in [0.3, 0.4) is 0 Å². The van der Waals surface area contributed by atoms with Crippen LogP contribution >= 0.6 is 0 Å². The molecule has 0 aliphatic heterocycles. The smallest absolute Gasteiger partial charge is 0.315 e. The third kappa shape index (κ3) is 5.59. The van der Waals surface area contributed by atoms with Crippen molar-refractivity contribution in [2.45, 2.75) is 19.2 Å². The number of aliphatic hydroxyl groups excluding tert-OH is 1. The average molecular weight is 380 g/mol. The Morgan fingerprint density at radius 3 is 2.57 bits per heavy atom. The van der Waals surface area contributed by atoms with Gasteiger partial charge in [-0.1, -0.05) is 42.5 Å². The van der Waals surface area contributed by atoms with Crippen LogP contribution < -0.4 is 15.4 Å². The molecule has 1 aromatic heterocycles. The zero-order valence-electron chi connectivity index (χ0n) is 15.7. The zero-order valence-corrected chi connectivity index (χ0v) is 15.7. The molecule has 7 nitrogen and oxygen atoms in total. The fourth-order valence-electron chi connectivity index (χ4n) is 2.73. The van der Waals surface area contributed by atoms with Crippen molar-refractivity contribution in [1.29, 1.82) is 0 Å². The zero-order chi connectivity index (χ0) is 19.8. The molecule has 146 valence electrons. The summed E-state index contributed by atoms with van der Waals surface area (Å²) in [7, 11) is 1.59. The molecular formula is C21H24N4O3. The number of benzene rings is 2. The normalized spacial score (nSPS) is 11.6. The number of carbonyl (C=O) groups excluding carboxylic acids is 1. The van der Waals surface area contributed by atoms with Crippen LogP contribution in [0, 0.1) is 0 Å². The predicted octanol–water partition coefficient (Wildman–Crippen LogP) is 2.47. The number of methoxy groups -OCH3 is 1. The maximum Gasteiger partial charge on any atom is 0.315 e. The Morgan fingerprint density at radius 2 is 1.86 bits per heavy atom. The van der Waals surface area contributed by atoms with Gasteiger partial charge in [-0.25, -0.2) is 4.79 Å². The molecule has 0 saturated carbocycles. The number of aromatic nitrogens is 2. The van der Waals surface area contributed by atoms with Crippen LogP contribution in [0.1, 0.15) is 22.8 Å². The minimum atomic E-state index is -0.787. The number of urea groups is 1. The van der Waals surface area contributed by atoms with Gasteiger partial charge in [0.15, 0.2) is 0 Å². The number of carbonyl (C=O) groups is 1. The van der Waals surface area contributed by atoms with Gasteiger partial charge in [0.1, 0.15) is 5.75 Å². The number of nitrogens with zero attached hydrogens (tertiary/aromatic N) is 2. The highest BCUT2D eigenvalue weighted by molar-refractivity contribution is 5.73. The van der Waals surface area contributed by atoms with Gasteiger partial charge in [0, 0.05) is 24.8 Å². The number of nitrogens with one attached hydrogen (secondary N) is 2. The largest absolute Gasteiger partial charge is 0.497 e. The molecule has 0 spiro atoms. The molecule has 0 fully saturated rings. The van der Waals surface area contributed by atoms with Gasteiger partial charge in [0.25, 0.3) is 0 Å². The van der Waals surface area contributed by atoms with E-state index >= 15 is 0 Å². The van der Waals surface area contributed by atoms with Crippen LogP contribution in [0.2, 0.25) is 0 Å². The summed E-state index contributed by atoms with van der Waals surface area (Å²) in [6, 6.07) is 16.8. The number of hydrogen-bond acceptors (Lipinski definition) is 4. The number of hydrogen-bond donors (Lipinski definition) is 3. The molecule has 0 aliphatic rings. The van der Waals surface area contributed by atoms with Crippen molar-refractivity contribution in [3.05, 3.63) is 83.7 Å². The standard InChI is InChI=1S/C21H24N4O3/c1-28-19-9-7-18(8-10-19)20(26)13-23-21(27)22-11-17-12-24-25(15-17)14-16-5-3-2-4-6-16/h2-10,12,15,20,26H,11,13-14H2,1H3,(H2,22,23,27). The number of amides is 2. The summed E-state index contributed by atoms with van der Waals surface area (Å²) in [6.07, 6.45) is 2.85. The van der Waals surface area contributed by atoms with Crippen molar-refractivity contribution in [2.75, 3.05) is 13.7 Å². The van der Waals surface area contributed by atoms with E-state index in [9.17, 15) is 9.90 Å². The van der Waals surface area contributed by atoms with Crippen molar-refractivity contribution >= 4 is 6.03 Å². The summed E-state index contributed by atoms with van der Waals surface area (Å²) >= 11 is 0. The molecule has 2 aromatic carbocycles. The third-order valence-corrected chi connectivity index (χ3v) is 4.28. The van der Waals surface area contributed by atoms with Crippen LogP contribution in [-0.2, 0) is 13.1 Å². The first-order chi connectivity index (χ1) is 13.6. The van der Waals surface area contributed by atoms with E-state index in [1.54, 1.807) is 37.6 Å². The van der Waals surface area contributed by atoms with E-state index in [2.05, 4.69) is 15.7 Å². The Balaban J connectivity index is 1.41. The van der Waals surface area contributed by atoms with E-state index in [-0.39, 0.29) is 12.6 Å². The molecule has 1 atom stereocenters. The molecule has 0 saturated heterocycles. The molecule has 7 heteroatoms. The number of aliphatic hydroxyl groups is 1. The lowest BCUT2D eigenvalue weighted by molar-refractivity contribution is 0.173. The van der Waals surface area contributed by atoms with Gasteiger partial charge >= 0.3 is 6.03 Å². The van der Waals surface area contributed by atoms with Crippen LogP contribution in [0.15, 0.2) is 67.0 Å². The molecule has 0 aliphatic carbocycles. The van der Waals surface area contributed by atoms with E-state index in [4.69, 9.17) is 4.74 Å². The summed E-state index contributed by atoms with van der Waals surface area (Å²) in [5, 5.41) is 19.9. The topological polar surface area (TPSA) is 88.4 Å². The summed E-state index contributed by atoms with van der Waals surface area (Å²) in [5.74, 6) is 0.717. The van der Waals surface area contributed by atoms with Crippen molar-refractivity contribution in [3.63, 3.8) is 0 Å². The Kier molecular flexibility index (Phi) is 6.64. The maximum atomic E-state index is 12.0. The second-order valence-electron chi connectivity index (χ2n) is 6.38. The number of rotatable bonds is 8. The maximum absolute atomic E-state index is 12.0. The minimum absolute atomic E-state index is 0.116. The molecule has 3 N–H and O–H groups in total. The molecule has 3 rings (SSSR count).